The molecule has 1 fully saturated rings. The number of carbonyl (C=O) groups is 1. The molecule has 0 spiro atoms. The van der Waals surface area contributed by atoms with Crippen molar-refractivity contribution in [1.82, 2.24) is 4.90 Å². The Balaban J connectivity index is 2.76. The molecule has 0 unspecified atom stereocenters. The van der Waals surface area contributed by atoms with Crippen molar-refractivity contribution in [2.75, 3.05) is 13.6 Å². The zero-order valence-electron chi connectivity index (χ0n) is 11.1. The van der Waals surface area contributed by atoms with Gasteiger partial charge in [-0.25, -0.2) is 0 Å². The number of nitrogens with two attached hydrogens (primary N) is 1. The molecule has 0 radical (unpaired) electrons. The van der Waals surface area contributed by atoms with Crippen LogP contribution in [0.1, 0.15) is 46.5 Å². The lowest BCUT2D eigenvalue weighted by molar-refractivity contribution is -0.144. The van der Waals surface area contributed by atoms with E-state index in [0.29, 0.717) is 6.54 Å². The van der Waals surface area contributed by atoms with Crippen LogP contribution in [0.25, 0.3) is 0 Å². The molecule has 1 aliphatic carbocycles. The first-order valence-electron chi connectivity index (χ1n) is 6.40. The molecule has 1 aliphatic rings. The number of rotatable bonds is 3. The van der Waals surface area contributed by atoms with E-state index >= 15 is 0 Å². The van der Waals surface area contributed by atoms with Crippen LogP contribution >= 0.6 is 0 Å². The molecule has 3 nitrogen and oxygen atoms in total. The molecule has 0 heterocycles. The lowest BCUT2D eigenvalue weighted by Crippen LogP contribution is -2.50. The monoisotopic (exact) mass is 226 g/mol. The third-order valence-electron chi connectivity index (χ3n) is 4.17. The van der Waals surface area contributed by atoms with E-state index in [4.69, 9.17) is 5.73 Å². The zero-order valence-corrected chi connectivity index (χ0v) is 11.1. The van der Waals surface area contributed by atoms with Gasteiger partial charge in [-0.15, -0.1) is 0 Å². The zero-order chi connectivity index (χ0) is 12.3. The van der Waals surface area contributed by atoms with Gasteiger partial charge in [-0.05, 0) is 45.4 Å². The average molecular weight is 226 g/mol. The van der Waals surface area contributed by atoms with Gasteiger partial charge in [0.25, 0.3) is 0 Å². The van der Waals surface area contributed by atoms with Gasteiger partial charge >= 0.3 is 0 Å². The van der Waals surface area contributed by atoms with E-state index in [1.165, 1.54) is 0 Å². The van der Waals surface area contributed by atoms with Crippen molar-refractivity contribution in [2.45, 2.75) is 52.5 Å². The second-order valence-corrected chi connectivity index (χ2v) is 5.68. The summed E-state index contributed by atoms with van der Waals surface area (Å²) in [4.78, 5) is 14.3. The van der Waals surface area contributed by atoms with E-state index in [2.05, 4.69) is 6.92 Å². The van der Waals surface area contributed by atoms with Crippen molar-refractivity contribution in [3.05, 3.63) is 0 Å². The minimum atomic E-state index is -0.272. The highest BCUT2D eigenvalue weighted by atomic mass is 16.2. The van der Waals surface area contributed by atoms with Crippen molar-refractivity contribution >= 4 is 5.91 Å². The summed E-state index contributed by atoms with van der Waals surface area (Å²) in [5.41, 5.74) is 5.60. The lowest BCUT2D eigenvalue weighted by atomic mass is 9.70. The second kappa shape index (κ2) is 5.17. The number of carbonyl (C=O) groups excluding carboxylic acids is 1. The van der Waals surface area contributed by atoms with Crippen molar-refractivity contribution in [2.24, 2.45) is 17.1 Å². The number of nitrogens with zero attached hydrogens (tertiary/aromatic N) is 1. The SMILES string of the molecule is CC1CCC(CN)(C(=O)N(C)C(C)C)CC1. The summed E-state index contributed by atoms with van der Waals surface area (Å²) in [6.45, 7) is 6.85. The van der Waals surface area contributed by atoms with Crippen LogP contribution in [-0.4, -0.2) is 30.4 Å². The molecule has 3 heteroatoms. The number of hydrogen-bond acceptors (Lipinski definition) is 2. The fourth-order valence-corrected chi connectivity index (χ4v) is 2.43. The maximum Gasteiger partial charge on any atom is 0.230 e. The van der Waals surface area contributed by atoms with Gasteiger partial charge in [0, 0.05) is 19.6 Å². The Morgan fingerprint density at radius 1 is 1.44 bits per heavy atom. The molecule has 1 amide bonds. The molecule has 0 aromatic rings. The molecule has 2 N–H and O–H groups in total. The predicted octanol–water partition coefficient (Wildman–Crippen LogP) is 2.01. The average Bonchev–Trinajstić information content (AvgIpc) is 2.28. The van der Waals surface area contributed by atoms with Crippen LogP contribution in [0.4, 0.5) is 0 Å². The topological polar surface area (TPSA) is 46.3 Å². The molecule has 0 aliphatic heterocycles. The summed E-state index contributed by atoms with van der Waals surface area (Å²) >= 11 is 0. The molecule has 1 saturated carbocycles. The van der Waals surface area contributed by atoms with Crippen LogP contribution in [0.5, 0.6) is 0 Å². The van der Waals surface area contributed by atoms with E-state index in [9.17, 15) is 4.79 Å². The minimum Gasteiger partial charge on any atom is -0.343 e. The third-order valence-corrected chi connectivity index (χ3v) is 4.17. The van der Waals surface area contributed by atoms with Gasteiger partial charge in [0.15, 0.2) is 0 Å². The van der Waals surface area contributed by atoms with Crippen LogP contribution in [0.2, 0.25) is 0 Å². The standard InChI is InChI=1S/C13H26N2O/c1-10(2)15(4)12(16)13(9-14)7-5-11(3)6-8-13/h10-11H,5-9,14H2,1-4H3. The highest BCUT2D eigenvalue weighted by Gasteiger charge is 2.41. The van der Waals surface area contributed by atoms with Gasteiger partial charge in [0.05, 0.1) is 5.41 Å². The summed E-state index contributed by atoms with van der Waals surface area (Å²) in [6, 6.07) is 0.260. The molecule has 16 heavy (non-hydrogen) atoms. The summed E-state index contributed by atoms with van der Waals surface area (Å²) in [7, 11) is 1.89. The summed E-state index contributed by atoms with van der Waals surface area (Å²) in [5.74, 6) is 0.994. The highest BCUT2D eigenvalue weighted by molar-refractivity contribution is 5.83. The molecule has 94 valence electrons. The molecular weight excluding hydrogens is 200 g/mol. The Bertz CT molecular complexity index is 242. The Kier molecular flexibility index (Phi) is 4.36. The first-order valence-corrected chi connectivity index (χ1v) is 6.40. The Morgan fingerprint density at radius 2 is 1.94 bits per heavy atom. The van der Waals surface area contributed by atoms with Gasteiger partial charge < -0.3 is 10.6 Å². The van der Waals surface area contributed by atoms with Crippen LogP contribution in [0, 0.1) is 11.3 Å². The van der Waals surface area contributed by atoms with E-state index in [-0.39, 0.29) is 17.4 Å². The molecule has 0 saturated heterocycles. The van der Waals surface area contributed by atoms with Crippen LogP contribution in [0.15, 0.2) is 0 Å². The van der Waals surface area contributed by atoms with Gasteiger partial charge in [0.1, 0.15) is 0 Å². The van der Waals surface area contributed by atoms with E-state index in [1.54, 1.807) is 0 Å². The van der Waals surface area contributed by atoms with E-state index in [0.717, 1.165) is 31.6 Å². The van der Waals surface area contributed by atoms with Crippen molar-refractivity contribution in [3.63, 3.8) is 0 Å². The van der Waals surface area contributed by atoms with Crippen LogP contribution < -0.4 is 5.73 Å². The van der Waals surface area contributed by atoms with Gasteiger partial charge in [-0.2, -0.15) is 0 Å². The summed E-state index contributed by atoms with van der Waals surface area (Å²) in [5, 5.41) is 0. The van der Waals surface area contributed by atoms with E-state index in [1.807, 2.05) is 25.8 Å². The fourth-order valence-electron chi connectivity index (χ4n) is 2.43. The quantitative estimate of drug-likeness (QED) is 0.800. The summed E-state index contributed by atoms with van der Waals surface area (Å²) in [6.07, 6.45) is 4.19. The van der Waals surface area contributed by atoms with Crippen molar-refractivity contribution in [3.8, 4) is 0 Å². The number of amides is 1. The van der Waals surface area contributed by atoms with E-state index < -0.39 is 0 Å². The smallest absolute Gasteiger partial charge is 0.230 e. The normalized spacial score (nSPS) is 30.5. The summed E-state index contributed by atoms with van der Waals surface area (Å²) < 4.78 is 0. The van der Waals surface area contributed by atoms with Crippen LogP contribution in [0.3, 0.4) is 0 Å². The molecule has 0 aromatic carbocycles. The Hall–Kier alpha value is -0.570. The van der Waals surface area contributed by atoms with Gasteiger partial charge in [-0.1, -0.05) is 6.92 Å². The maximum absolute atomic E-state index is 12.4. The highest BCUT2D eigenvalue weighted by Crippen LogP contribution is 2.39. The first-order chi connectivity index (χ1) is 7.43. The molecule has 0 aromatic heterocycles. The van der Waals surface area contributed by atoms with Gasteiger partial charge in [0.2, 0.25) is 5.91 Å². The van der Waals surface area contributed by atoms with Crippen molar-refractivity contribution in [1.29, 1.82) is 0 Å². The first kappa shape index (κ1) is 13.5. The molecule has 0 atom stereocenters. The molecule has 0 bridgehead atoms. The van der Waals surface area contributed by atoms with Gasteiger partial charge in [-0.3, -0.25) is 4.79 Å². The molecular formula is C13H26N2O. The van der Waals surface area contributed by atoms with Crippen LogP contribution in [-0.2, 0) is 4.79 Å². The second-order valence-electron chi connectivity index (χ2n) is 5.68. The molecule has 1 rings (SSSR count). The Morgan fingerprint density at radius 3 is 2.31 bits per heavy atom. The fraction of sp³-hybridized carbons (Fsp3) is 0.923. The van der Waals surface area contributed by atoms with Crippen molar-refractivity contribution < 1.29 is 4.79 Å². The number of hydrogen-bond donors (Lipinski definition) is 1. The minimum absolute atomic E-state index is 0.247. The maximum atomic E-state index is 12.4. The lowest BCUT2D eigenvalue weighted by Gasteiger charge is -2.40. The predicted molar refractivity (Wildman–Crippen MR) is 67.0 cm³/mol. The third kappa shape index (κ3) is 2.57. The Labute approximate surface area is 99.4 Å². The largest absolute Gasteiger partial charge is 0.343 e.